The normalized spacial score (nSPS) is 23.6. The van der Waals surface area contributed by atoms with Crippen LogP contribution in [0.3, 0.4) is 0 Å². The number of ether oxygens (including phenoxy) is 1. The summed E-state index contributed by atoms with van der Waals surface area (Å²) in [6.45, 7) is 5.94. The first-order valence-corrected chi connectivity index (χ1v) is 6.06. The molecule has 1 aliphatic heterocycles. The van der Waals surface area contributed by atoms with Crippen LogP contribution >= 0.6 is 0 Å². The third-order valence-corrected chi connectivity index (χ3v) is 3.26. The van der Waals surface area contributed by atoms with Crippen molar-refractivity contribution in [3.63, 3.8) is 0 Å². The molecule has 1 aliphatic rings. The van der Waals surface area contributed by atoms with Crippen molar-refractivity contribution >= 4 is 0 Å². The first kappa shape index (κ1) is 11.6. The zero-order chi connectivity index (χ0) is 11.5. The molecule has 2 rings (SSSR count). The number of imidazole rings is 1. The molecule has 0 aliphatic carbocycles. The molecular formula is C12H21N3O. The molecule has 0 spiro atoms. The van der Waals surface area contributed by atoms with E-state index < -0.39 is 0 Å². The Kier molecular flexibility index (Phi) is 3.61. The van der Waals surface area contributed by atoms with Crippen molar-refractivity contribution in [3.05, 3.63) is 18.2 Å². The van der Waals surface area contributed by atoms with E-state index in [1.54, 1.807) is 0 Å². The van der Waals surface area contributed by atoms with E-state index in [1.807, 2.05) is 12.4 Å². The molecule has 2 atom stereocenters. The van der Waals surface area contributed by atoms with Crippen LogP contribution in [0.25, 0.3) is 0 Å². The van der Waals surface area contributed by atoms with Crippen LogP contribution in [0.2, 0.25) is 0 Å². The molecule has 2 N–H and O–H groups in total. The van der Waals surface area contributed by atoms with Gasteiger partial charge in [0.1, 0.15) is 5.82 Å². The maximum Gasteiger partial charge on any atom is 0.126 e. The number of rotatable bonds is 3. The number of hydrogen-bond acceptors (Lipinski definition) is 3. The maximum absolute atomic E-state index is 6.29. The lowest BCUT2D eigenvalue weighted by Gasteiger charge is -2.28. The Hall–Kier alpha value is -0.870. The molecule has 0 amide bonds. The van der Waals surface area contributed by atoms with Crippen LogP contribution in [0.4, 0.5) is 0 Å². The first-order chi connectivity index (χ1) is 7.70. The summed E-state index contributed by atoms with van der Waals surface area (Å²) in [5, 5.41) is 0. The highest BCUT2D eigenvalue weighted by Crippen LogP contribution is 2.27. The number of aromatic nitrogens is 2. The molecule has 0 unspecified atom stereocenters. The Morgan fingerprint density at radius 3 is 3.00 bits per heavy atom. The Labute approximate surface area is 96.8 Å². The molecule has 0 saturated carbocycles. The predicted molar refractivity (Wildman–Crippen MR) is 63.1 cm³/mol. The fourth-order valence-corrected chi connectivity index (χ4v) is 2.28. The quantitative estimate of drug-likeness (QED) is 0.851. The van der Waals surface area contributed by atoms with Gasteiger partial charge in [-0.25, -0.2) is 4.98 Å². The summed E-state index contributed by atoms with van der Waals surface area (Å²) in [4.78, 5) is 4.39. The maximum atomic E-state index is 6.29. The van der Waals surface area contributed by atoms with Gasteiger partial charge in [0.25, 0.3) is 0 Å². The van der Waals surface area contributed by atoms with Gasteiger partial charge in [-0.05, 0) is 26.7 Å². The predicted octanol–water partition coefficient (Wildman–Crippen LogP) is 1.89. The molecule has 4 heteroatoms. The van der Waals surface area contributed by atoms with E-state index >= 15 is 0 Å². The summed E-state index contributed by atoms with van der Waals surface area (Å²) in [5.41, 5.74) is 6.29. The second-order valence-electron chi connectivity index (χ2n) is 4.79. The molecule has 16 heavy (non-hydrogen) atoms. The minimum absolute atomic E-state index is 0.00213. The van der Waals surface area contributed by atoms with Crippen molar-refractivity contribution in [2.75, 3.05) is 13.2 Å². The minimum atomic E-state index is -0.00213. The molecular weight excluding hydrogens is 202 g/mol. The molecule has 90 valence electrons. The summed E-state index contributed by atoms with van der Waals surface area (Å²) < 4.78 is 7.64. The van der Waals surface area contributed by atoms with E-state index in [1.165, 1.54) is 0 Å². The van der Waals surface area contributed by atoms with Crippen LogP contribution in [-0.4, -0.2) is 22.8 Å². The lowest BCUT2D eigenvalue weighted by Crippen LogP contribution is -2.31. The van der Waals surface area contributed by atoms with Gasteiger partial charge in [0.05, 0.1) is 12.6 Å². The van der Waals surface area contributed by atoms with Crippen molar-refractivity contribution in [2.24, 2.45) is 11.7 Å². The monoisotopic (exact) mass is 223 g/mol. The van der Waals surface area contributed by atoms with Gasteiger partial charge in [0.2, 0.25) is 0 Å². The van der Waals surface area contributed by atoms with Crippen molar-refractivity contribution in [1.82, 2.24) is 9.55 Å². The first-order valence-electron chi connectivity index (χ1n) is 6.06. The minimum Gasteiger partial charge on any atom is -0.381 e. The van der Waals surface area contributed by atoms with Crippen LogP contribution < -0.4 is 5.73 Å². The highest BCUT2D eigenvalue weighted by Gasteiger charge is 2.25. The van der Waals surface area contributed by atoms with Crippen LogP contribution in [-0.2, 0) is 4.74 Å². The molecule has 4 nitrogen and oxygen atoms in total. The van der Waals surface area contributed by atoms with Gasteiger partial charge in [-0.3, -0.25) is 0 Å². The Morgan fingerprint density at radius 1 is 1.56 bits per heavy atom. The van der Waals surface area contributed by atoms with Gasteiger partial charge in [-0.15, -0.1) is 0 Å². The third kappa shape index (κ3) is 2.28. The number of nitrogens with zero attached hydrogens (tertiary/aromatic N) is 2. The highest BCUT2D eigenvalue weighted by molar-refractivity contribution is 5.02. The summed E-state index contributed by atoms with van der Waals surface area (Å²) in [7, 11) is 0. The molecule has 1 fully saturated rings. The standard InChI is InChI=1S/C12H21N3O/c1-9(2)15-6-5-14-12(15)11(13)10-4-3-7-16-8-10/h5-6,9-11H,3-4,7-8,13H2,1-2H3/t10-,11+/m1/s1. The fraction of sp³-hybridized carbons (Fsp3) is 0.750. The van der Waals surface area contributed by atoms with Crippen LogP contribution in [0.15, 0.2) is 12.4 Å². The summed E-state index contributed by atoms with van der Waals surface area (Å²) in [6.07, 6.45) is 6.09. The second-order valence-corrected chi connectivity index (χ2v) is 4.79. The van der Waals surface area contributed by atoms with Gasteiger partial charge in [-0.1, -0.05) is 0 Å². The van der Waals surface area contributed by atoms with Crippen LogP contribution in [0.5, 0.6) is 0 Å². The van der Waals surface area contributed by atoms with Crippen LogP contribution in [0, 0.1) is 5.92 Å². The van der Waals surface area contributed by atoms with Crippen molar-refractivity contribution in [2.45, 2.75) is 38.8 Å². The fourth-order valence-electron chi connectivity index (χ4n) is 2.28. The second kappa shape index (κ2) is 4.97. The molecule has 0 radical (unpaired) electrons. The number of nitrogens with two attached hydrogens (primary N) is 1. The van der Waals surface area contributed by atoms with Gasteiger partial charge in [0, 0.05) is 31.0 Å². The molecule has 1 saturated heterocycles. The van der Waals surface area contributed by atoms with E-state index in [9.17, 15) is 0 Å². The zero-order valence-electron chi connectivity index (χ0n) is 10.1. The lowest BCUT2D eigenvalue weighted by atomic mass is 9.93. The average molecular weight is 223 g/mol. The van der Waals surface area contributed by atoms with E-state index in [0.29, 0.717) is 12.0 Å². The summed E-state index contributed by atoms with van der Waals surface area (Å²) >= 11 is 0. The third-order valence-electron chi connectivity index (χ3n) is 3.26. The lowest BCUT2D eigenvalue weighted by molar-refractivity contribution is 0.0430. The van der Waals surface area contributed by atoms with Crippen LogP contribution in [0.1, 0.15) is 44.6 Å². The Morgan fingerprint density at radius 2 is 2.38 bits per heavy atom. The van der Waals surface area contributed by atoms with Gasteiger partial charge < -0.3 is 15.0 Å². The SMILES string of the molecule is CC(C)n1ccnc1[C@@H](N)[C@@H]1CCCOC1. The molecule has 0 bridgehead atoms. The molecule has 1 aromatic heterocycles. The summed E-state index contributed by atoms with van der Waals surface area (Å²) in [5.74, 6) is 1.40. The van der Waals surface area contributed by atoms with E-state index in [4.69, 9.17) is 10.5 Å². The topological polar surface area (TPSA) is 53.1 Å². The van der Waals surface area contributed by atoms with Crippen molar-refractivity contribution < 1.29 is 4.74 Å². The van der Waals surface area contributed by atoms with Gasteiger partial charge in [0.15, 0.2) is 0 Å². The van der Waals surface area contributed by atoms with Gasteiger partial charge >= 0.3 is 0 Å². The van der Waals surface area contributed by atoms with E-state index in [2.05, 4.69) is 23.4 Å². The Balaban J connectivity index is 2.12. The highest BCUT2D eigenvalue weighted by atomic mass is 16.5. The molecule has 0 aromatic carbocycles. The Bertz CT molecular complexity index is 329. The molecule has 1 aromatic rings. The van der Waals surface area contributed by atoms with Crippen molar-refractivity contribution in [1.29, 1.82) is 0 Å². The molecule has 2 heterocycles. The van der Waals surface area contributed by atoms with Gasteiger partial charge in [-0.2, -0.15) is 0 Å². The smallest absolute Gasteiger partial charge is 0.126 e. The largest absolute Gasteiger partial charge is 0.381 e. The summed E-state index contributed by atoms with van der Waals surface area (Å²) in [6, 6.07) is 0.408. The van der Waals surface area contributed by atoms with E-state index in [0.717, 1.165) is 31.9 Å². The zero-order valence-corrected chi connectivity index (χ0v) is 10.1. The number of hydrogen-bond donors (Lipinski definition) is 1. The van der Waals surface area contributed by atoms with E-state index in [-0.39, 0.29) is 6.04 Å². The average Bonchev–Trinajstić information content (AvgIpc) is 2.78. The van der Waals surface area contributed by atoms with Crippen molar-refractivity contribution in [3.8, 4) is 0 Å².